The van der Waals surface area contributed by atoms with E-state index in [1.165, 1.54) is 12.3 Å². The number of amides is 1. The van der Waals surface area contributed by atoms with Gasteiger partial charge >= 0.3 is 0 Å². The highest BCUT2D eigenvalue weighted by atomic mass is 35.5. The normalized spacial score (nSPS) is 10.5. The van der Waals surface area contributed by atoms with Crippen molar-refractivity contribution >= 4 is 46.4 Å². The molecule has 1 aromatic heterocycles. The van der Waals surface area contributed by atoms with Crippen molar-refractivity contribution in [1.29, 1.82) is 0 Å². The zero-order chi connectivity index (χ0) is 18.0. The van der Waals surface area contributed by atoms with Crippen molar-refractivity contribution in [2.75, 3.05) is 5.32 Å². The van der Waals surface area contributed by atoms with Crippen LogP contribution in [0.3, 0.4) is 0 Å². The van der Waals surface area contributed by atoms with Crippen LogP contribution < -0.4 is 10.9 Å². The molecule has 25 heavy (non-hydrogen) atoms. The largest absolute Gasteiger partial charge is 0.322 e. The van der Waals surface area contributed by atoms with Crippen LogP contribution in [0.1, 0.15) is 10.4 Å². The number of nitrogens with zero attached hydrogens (tertiary/aromatic N) is 1. The second kappa shape index (κ2) is 7.27. The number of hydrogen-bond donors (Lipinski definition) is 2. The van der Waals surface area contributed by atoms with E-state index in [1.54, 1.807) is 36.4 Å². The summed E-state index contributed by atoms with van der Waals surface area (Å²) in [7, 11) is 0. The van der Waals surface area contributed by atoms with Gasteiger partial charge in [-0.2, -0.15) is 0 Å². The van der Waals surface area contributed by atoms with Crippen molar-refractivity contribution in [3.63, 3.8) is 0 Å². The van der Waals surface area contributed by atoms with E-state index >= 15 is 0 Å². The van der Waals surface area contributed by atoms with Crippen molar-refractivity contribution in [3.05, 3.63) is 79.6 Å². The van der Waals surface area contributed by atoms with E-state index < -0.39 is 11.5 Å². The lowest BCUT2D eigenvalue weighted by Gasteiger charge is -2.07. The maximum Gasteiger partial charge on any atom is 0.264 e. The average molecular weight is 395 g/mol. The van der Waals surface area contributed by atoms with Gasteiger partial charge in [-0.25, -0.2) is 4.98 Å². The average Bonchev–Trinajstić information content (AvgIpc) is 2.58. The smallest absolute Gasteiger partial charge is 0.264 e. The summed E-state index contributed by atoms with van der Waals surface area (Å²) in [5, 5.41) is 3.81. The maximum atomic E-state index is 12.3. The fraction of sp³-hybridized carbons (Fsp3) is 0. The Morgan fingerprint density at radius 3 is 2.36 bits per heavy atom. The zero-order valence-electron chi connectivity index (χ0n) is 12.5. The number of hydrogen-bond acceptors (Lipinski definition) is 3. The number of anilines is 1. The van der Waals surface area contributed by atoms with Crippen molar-refractivity contribution in [2.24, 2.45) is 0 Å². The number of H-pyrrole nitrogens is 1. The molecule has 0 atom stereocenters. The van der Waals surface area contributed by atoms with Gasteiger partial charge in [0.05, 0.1) is 10.0 Å². The van der Waals surface area contributed by atoms with E-state index in [0.717, 1.165) is 0 Å². The first-order valence-corrected chi connectivity index (χ1v) is 8.19. The minimum atomic E-state index is -0.602. The third kappa shape index (κ3) is 4.02. The van der Waals surface area contributed by atoms with E-state index in [9.17, 15) is 9.59 Å². The highest BCUT2D eigenvalue weighted by molar-refractivity contribution is 6.42. The molecule has 8 heteroatoms. The highest BCUT2D eigenvalue weighted by Gasteiger charge is 2.13. The van der Waals surface area contributed by atoms with Crippen molar-refractivity contribution in [1.82, 2.24) is 9.97 Å². The van der Waals surface area contributed by atoms with Crippen LogP contribution in [0.25, 0.3) is 11.4 Å². The second-order valence-corrected chi connectivity index (χ2v) is 6.32. The summed E-state index contributed by atoms with van der Waals surface area (Å²) in [5.74, 6) is -0.262. The lowest BCUT2D eigenvalue weighted by Crippen LogP contribution is -2.24. The number of rotatable bonds is 3. The monoisotopic (exact) mass is 393 g/mol. The fourth-order valence-electron chi connectivity index (χ4n) is 2.08. The fourth-order valence-corrected chi connectivity index (χ4v) is 2.51. The van der Waals surface area contributed by atoms with Gasteiger partial charge in [0.1, 0.15) is 11.4 Å². The minimum absolute atomic E-state index is 0.121. The third-order valence-electron chi connectivity index (χ3n) is 3.34. The molecule has 2 N–H and O–H groups in total. The SMILES string of the molecule is O=C(Nc1ccc(Cl)c(Cl)c1)c1cnc(-c2ccc(Cl)cc2)[nH]c1=O. The molecule has 0 radical (unpaired) electrons. The Bertz CT molecular complexity index is 1000. The highest BCUT2D eigenvalue weighted by Crippen LogP contribution is 2.25. The van der Waals surface area contributed by atoms with E-state index in [-0.39, 0.29) is 5.56 Å². The molecule has 0 fully saturated rings. The van der Waals surface area contributed by atoms with Gasteiger partial charge in [0.25, 0.3) is 11.5 Å². The van der Waals surface area contributed by atoms with Crippen LogP contribution in [0.5, 0.6) is 0 Å². The first-order valence-electron chi connectivity index (χ1n) is 7.06. The van der Waals surface area contributed by atoms with Crippen LogP contribution in [0.4, 0.5) is 5.69 Å². The van der Waals surface area contributed by atoms with Crippen LogP contribution in [0, 0.1) is 0 Å². The molecule has 0 aliphatic rings. The Labute approximate surface area is 157 Å². The molecular formula is C17H10Cl3N3O2. The summed E-state index contributed by atoms with van der Waals surface area (Å²) in [6.45, 7) is 0. The number of aromatic nitrogens is 2. The Hall–Kier alpha value is -2.34. The Kier molecular flexibility index (Phi) is 5.08. The van der Waals surface area contributed by atoms with Crippen molar-refractivity contribution in [3.8, 4) is 11.4 Å². The van der Waals surface area contributed by atoms with Crippen LogP contribution in [0.15, 0.2) is 53.5 Å². The van der Waals surface area contributed by atoms with Crippen LogP contribution in [-0.4, -0.2) is 15.9 Å². The molecule has 5 nitrogen and oxygen atoms in total. The molecule has 3 rings (SSSR count). The minimum Gasteiger partial charge on any atom is -0.322 e. The lowest BCUT2D eigenvalue weighted by atomic mass is 10.2. The number of halogens is 3. The molecule has 1 amide bonds. The molecule has 0 spiro atoms. The van der Waals surface area contributed by atoms with E-state index in [0.29, 0.717) is 32.1 Å². The number of carbonyl (C=O) groups is 1. The number of benzene rings is 2. The molecule has 0 aliphatic heterocycles. The van der Waals surface area contributed by atoms with E-state index in [2.05, 4.69) is 15.3 Å². The summed E-state index contributed by atoms with van der Waals surface area (Å²) in [4.78, 5) is 31.2. The number of aromatic amines is 1. The predicted octanol–water partition coefficient (Wildman–Crippen LogP) is 4.65. The molecule has 1 heterocycles. The molecule has 0 bridgehead atoms. The van der Waals surface area contributed by atoms with Crippen molar-refractivity contribution < 1.29 is 4.79 Å². The number of carbonyl (C=O) groups excluding carboxylic acids is 1. The summed E-state index contributed by atoms with van der Waals surface area (Å²) >= 11 is 17.6. The molecule has 3 aromatic rings. The third-order valence-corrected chi connectivity index (χ3v) is 4.33. The summed E-state index contributed by atoms with van der Waals surface area (Å²) in [5.41, 5.74) is 0.416. The Balaban J connectivity index is 1.85. The standard InChI is InChI=1S/C17H10Cl3N3O2/c18-10-3-1-9(2-4-10)15-21-8-12(17(25)23-15)16(24)22-11-5-6-13(19)14(20)7-11/h1-8H,(H,22,24)(H,21,23,25). The van der Waals surface area contributed by atoms with E-state index in [1.807, 2.05) is 0 Å². The van der Waals surface area contributed by atoms with Crippen LogP contribution in [-0.2, 0) is 0 Å². The first-order chi connectivity index (χ1) is 11.9. The van der Waals surface area contributed by atoms with Crippen LogP contribution in [0.2, 0.25) is 15.1 Å². The Morgan fingerprint density at radius 2 is 1.72 bits per heavy atom. The quantitative estimate of drug-likeness (QED) is 0.679. The van der Waals surface area contributed by atoms with E-state index in [4.69, 9.17) is 34.8 Å². The summed E-state index contributed by atoms with van der Waals surface area (Å²) in [6, 6.07) is 11.4. The second-order valence-electron chi connectivity index (χ2n) is 5.06. The lowest BCUT2D eigenvalue weighted by molar-refractivity contribution is 0.102. The van der Waals surface area contributed by atoms with Gasteiger partial charge in [0.2, 0.25) is 0 Å². The molecule has 0 unspecified atom stereocenters. The summed E-state index contributed by atoms with van der Waals surface area (Å²) < 4.78 is 0. The number of nitrogens with one attached hydrogen (secondary N) is 2. The molecule has 0 aliphatic carbocycles. The molecule has 2 aromatic carbocycles. The Morgan fingerprint density at radius 1 is 1.00 bits per heavy atom. The van der Waals surface area contributed by atoms with Crippen LogP contribution >= 0.6 is 34.8 Å². The molecular weight excluding hydrogens is 385 g/mol. The van der Waals surface area contributed by atoms with Crippen molar-refractivity contribution in [2.45, 2.75) is 0 Å². The first kappa shape index (κ1) is 17.5. The van der Waals surface area contributed by atoms with Gasteiger partial charge < -0.3 is 10.3 Å². The van der Waals surface area contributed by atoms with Gasteiger partial charge in [-0.05, 0) is 42.5 Å². The van der Waals surface area contributed by atoms with Gasteiger partial charge in [-0.3, -0.25) is 9.59 Å². The van der Waals surface area contributed by atoms with Gasteiger partial charge in [0, 0.05) is 22.5 Å². The molecule has 0 saturated heterocycles. The van der Waals surface area contributed by atoms with Gasteiger partial charge in [-0.15, -0.1) is 0 Å². The topological polar surface area (TPSA) is 74.8 Å². The maximum absolute atomic E-state index is 12.3. The summed E-state index contributed by atoms with van der Waals surface area (Å²) in [6.07, 6.45) is 1.22. The molecule has 126 valence electrons. The predicted molar refractivity (Wildman–Crippen MR) is 99.7 cm³/mol. The van der Waals surface area contributed by atoms with Gasteiger partial charge in [0.15, 0.2) is 0 Å². The molecule has 0 saturated carbocycles. The van der Waals surface area contributed by atoms with Gasteiger partial charge in [-0.1, -0.05) is 34.8 Å². The zero-order valence-corrected chi connectivity index (χ0v) is 14.8.